The van der Waals surface area contributed by atoms with Gasteiger partial charge in [-0.2, -0.15) is 0 Å². The van der Waals surface area contributed by atoms with Gasteiger partial charge in [-0.15, -0.1) is 0 Å². The van der Waals surface area contributed by atoms with Crippen LogP contribution in [-0.4, -0.2) is 25.0 Å². The van der Waals surface area contributed by atoms with Crippen molar-refractivity contribution >= 4 is 5.91 Å². The zero-order chi connectivity index (χ0) is 10.8. The van der Waals surface area contributed by atoms with Crippen LogP contribution in [0.25, 0.3) is 0 Å². The van der Waals surface area contributed by atoms with Crippen LogP contribution in [-0.2, 0) is 0 Å². The molecule has 0 radical (unpaired) electrons. The van der Waals surface area contributed by atoms with E-state index in [0.29, 0.717) is 11.1 Å². The van der Waals surface area contributed by atoms with Crippen LogP contribution in [0.4, 0.5) is 4.39 Å². The number of amides is 1. The van der Waals surface area contributed by atoms with Gasteiger partial charge in [-0.3, -0.25) is 4.79 Å². The summed E-state index contributed by atoms with van der Waals surface area (Å²) in [5.41, 5.74) is 1.01. The molecule has 1 aliphatic heterocycles. The fourth-order valence-electron chi connectivity index (χ4n) is 1.45. The summed E-state index contributed by atoms with van der Waals surface area (Å²) in [4.78, 5) is 11.7. The monoisotopic (exact) mass is 208 g/mol. The van der Waals surface area contributed by atoms with Crippen molar-refractivity contribution in [3.8, 4) is 0 Å². The number of aryl methyl sites for hydroxylation is 1. The average molecular weight is 208 g/mol. The maximum atomic E-state index is 13.0. The molecule has 0 bridgehead atoms. The Bertz CT molecular complexity index is 388. The third-order valence-corrected chi connectivity index (χ3v) is 2.54. The number of nitrogens with one attached hydrogen (secondary N) is 2. The maximum Gasteiger partial charge on any atom is 0.251 e. The lowest BCUT2D eigenvalue weighted by Crippen LogP contribution is -2.56. The molecule has 0 unspecified atom stereocenters. The van der Waals surface area contributed by atoms with Gasteiger partial charge in [0.2, 0.25) is 0 Å². The predicted molar refractivity (Wildman–Crippen MR) is 55.3 cm³/mol. The van der Waals surface area contributed by atoms with Gasteiger partial charge in [-0.05, 0) is 30.7 Å². The van der Waals surface area contributed by atoms with Gasteiger partial charge in [0.05, 0.1) is 6.04 Å². The van der Waals surface area contributed by atoms with E-state index in [0.717, 1.165) is 13.1 Å². The summed E-state index contributed by atoms with van der Waals surface area (Å²) in [5.74, 6) is -0.415. The molecule has 80 valence electrons. The summed E-state index contributed by atoms with van der Waals surface area (Å²) in [6.07, 6.45) is 0. The Morgan fingerprint density at radius 1 is 1.53 bits per heavy atom. The van der Waals surface area contributed by atoms with Crippen LogP contribution < -0.4 is 10.6 Å². The zero-order valence-electron chi connectivity index (χ0n) is 8.51. The fourth-order valence-corrected chi connectivity index (χ4v) is 1.45. The highest BCUT2D eigenvalue weighted by atomic mass is 19.1. The van der Waals surface area contributed by atoms with E-state index in [9.17, 15) is 9.18 Å². The maximum absolute atomic E-state index is 13.0. The lowest BCUT2D eigenvalue weighted by molar-refractivity contribution is 0.0924. The first-order valence-electron chi connectivity index (χ1n) is 4.94. The summed E-state index contributed by atoms with van der Waals surface area (Å²) >= 11 is 0. The lowest BCUT2D eigenvalue weighted by Gasteiger charge is -2.27. The molecule has 1 fully saturated rings. The largest absolute Gasteiger partial charge is 0.347 e. The molecule has 1 aliphatic rings. The standard InChI is InChI=1S/C11H13FN2O/c1-7-4-8(2-3-10(7)12)11(15)14-9-5-13-6-9/h2-4,9,13H,5-6H2,1H3,(H,14,15). The highest BCUT2D eigenvalue weighted by molar-refractivity contribution is 5.94. The number of benzene rings is 1. The number of halogens is 1. The Hall–Kier alpha value is -1.42. The van der Waals surface area contributed by atoms with Crippen molar-refractivity contribution < 1.29 is 9.18 Å². The van der Waals surface area contributed by atoms with Crippen LogP contribution in [0, 0.1) is 12.7 Å². The van der Waals surface area contributed by atoms with Crippen molar-refractivity contribution in [1.29, 1.82) is 0 Å². The van der Waals surface area contributed by atoms with Crippen molar-refractivity contribution in [3.63, 3.8) is 0 Å². The third-order valence-electron chi connectivity index (χ3n) is 2.54. The minimum Gasteiger partial charge on any atom is -0.347 e. The molecule has 0 aromatic heterocycles. The quantitative estimate of drug-likeness (QED) is 0.756. The van der Waals surface area contributed by atoms with Crippen LogP contribution in [0.5, 0.6) is 0 Å². The van der Waals surface area contributed by atoms with E-state index in [2.05, 4.69) is 10.6 Å². The van der Waals surface area contributed by atoms with Gasteiger partial charge in [0.1, 0.15) is 5.82 Å². The second kappa shape index (κ2) is 3.98. The van der Waals surface area contributed by atoms with E-state index in [1.54, 1.807) is 13.0 Å². The lowest BCUT2D eigenvalue weighted by atomic mass is 10.1. The second-order valence-corrected chi connectivity index (χ2v) is 3.79. The van der Waals surface area contributed by atoms with E-state index >= 15 is 0 Å². The number of hydrogen-bond donors (Lipinski definition) is 2. The summed E-state index contributed by atoms with van der Waals surface area (Å²) < 4.78 is 13.0. The van der Waals surface area contributed by atoms with Gasteiger partial charge in [-0.25, -0.2) is 4.39 Å². The molecule has 1 amide bonds. The number of carbonyl (C=O) groups excluding carboxylic acids is 1. The summed E-state index contributed by atoms with van der Waals surface area (Å²) in [7, 11) is 0. The molecular formula is C11H13FN2O. The number of hydrogen-bond acceptors (Lipinski definition) is 2. The summed E-state index contributed by atoms with van der Waals surface area (Å²) in [6, 6.07) is 4.60. The van der Waals surface area contributed by atoms with Gasteiger partial charge in [0, 0.05) is 18.7 Å². The molecule has 1 aromatic rings. The third kappa shape index (κ3) is 2.15. The first-order valence-corrected chi connectivity index (χ1v) is 4.94. The molecule has 0 saturated carbocycles. The zero-order valence-corrected chi connectivity index (χ0v) is 8.51. The Morgan fingerprint density at radius 3 is 2.80 bits per heavy atom. The molecular weight excluding hydrogens is 195 g/mol. The predicted octanol–water partition coefficient (Wildman–Crippen LogP) is 0.836. The van der Waals surface area contributed by atoms with E-state index in [1.165, 1.54) is 12.1 Å². The Balaban J connectivity index is 2.07. The van der Waals surface area contributed by atoms with E-state index < -0.39 is 0 Å². The average Bonchev–Trinajstić information content (AvgIpc) is 2.15. The molecule has 4 heteroatoms. The second-order valence-electron chi connectivity index (χ2n) is 3.79. The molecule has 0 atom stereocenters. The van der Waals surface area contributed by atoms with Crippen LogP contribution >= 0.6 is 0 Å². The van der Waals surface area contributed by atoms with Gasteiger partial charge < -0.3 is 10.6 Å². The van der Waals surface area contributed by atoms with Gasteiger partial charge in [0.25, 0.3) is 5.91 Å². The molecule has 0 aliphatic carbocycles. The summed E-state index contributed by atoms with van der Waals surface area (Å²) in [6.45, 7) is 3.27. The first-order chi connectivity index (χ1) is 7.16. The van der Waals surface area contributed by atoms with Gasteiger partial charge in [-0.1, -0.05) is 0 Å². The SMILES string of the molecule is Cc1cc(C(=O)NC2CNC2)ccc1F. The topological polar surface area (TPSA) is 41.1 Å². The van der Waals surface area contributed by atoms with E-state index in [1.807, 2.05) is 0 Å². The first kappa shape index (κ1) is 10.1. The van der Waals surface area contributed by atoms with Crippen LogP contribution in [0.15, 0.2) is 18.2 Å². The molecule has 3 nitrogen and oxygen atoms in total. The van der Waals surface area contributed by atoms with Crippen LogP contribution in [0.1, 0.15) is 15.9 Å². The molecule has 0 spiro atoms. The fraction of sp³-hybridized carbons (Fsp3) is 0.364. The van der Waals surface area contributed by atoms with Gasteiger partial charge >= 0.3 is 0 Å². The molecule has 1 saturated heterocycles. The molecule has 1 heterocycles. The number of rotatable bonds is 2. The van der Waals surface area contributed by atoms with Crippen molar-refractivity contribution in [3.05, 3.63) is 35.1 Å². The summed E-state index contributed by atoms with van der Waals surface area (Å²) in [5, 5.41) is 5.92. The Kier molecular flexibility index (Phi) is 2.68. The highest BCUT2D eigenvalue weighted by Crippen LogP contribution is 2.09. The van der Waals surface area contributed by atoms with E-state index in [-0.39, 0.29) is 17.8 Å². The highest BCUT2D eigenvalue weighted by Gasteiger charge is 2.19. The van der Waals surface area contributed by atoms with Crippen molar-refractivity contribution in [2.24, 2.45) is 0 Å². The Morgan fingerprint density at radius 2 is 2.27 bits per heavy atom. The minimum atomic E-state index is -0.281. The molecule has 2 rings (SSSR count). The normalized spacial score (nSPS) is 15.9. The minimum absolute atomic E-state index is 0.135. The van der Waals surface area contributed by atoms with Gasteiger partial charge in [0.15, 0.2) is 0 Å². The van der Waals surface area contributed by atoms with Crippen molar-refractivity contribution in [2.75, 3.05) is 13.1 Å². The molecule has 2 N–H and O–H groups in total. The van der Waals surface area contributed by atoms with Crippen LogP contribution in [0.2, 0.25) is 0 Å². The van der Waals surface area contributed by atoms with E-state index in [4.69, 9.17) is 0 Å². The van der Waals surface area contributed by atoms with Crippen LogP contribution in [0.3, 0.4) is 0 Å². The number of carbonyl (C=O) groups is 1. The molecule has 15 heavy (non-hydrogen) atoms. The van der Waals surface area contributed by atoms with Crippen molar-refractivity contribution in [1.82, 2.24) is 10.6 Å². The Labute approximate surface area is 87.7 Å². The molecule has 1 aromatic carbocycles. The van der Waals surface area contributed by atoms with Crippen molar-refractivity contribution in [2.45, 2.75) is 13.0 Å². The smallest absolute Gasteiger partial charge is 0.251 e.